The summed E-state index contributed by atoms with van der Waals surface area (Å²) in [5.41, 5.74) is 0. The molecule has 6 heteroatoms. The first kappa shape index (κ1) is 15.5. The summed E-state index contributed by atoms with van der Waals surface area (Å²) in [7, 11) is 0. The van der Waals surface area contributed by atoms with Gasteiger partial charge in [-0.3, -0.25) is 9.59 Å². The molecule has 1 amide bonds. The number of piperidine rings is 1. The standard InChI is InChI=1S/C16H24N2O4/c1-9(2)18-7-5-10(6-8-18)17-15(19)13-11-3-4-12(22-11)14(13)16(20)21/h3-4,9-14H,5-8H2,1-2H3,(H,17,19)(H,20,21)/t11-,12+,13-,14-/m0/s1. The molecule has 3 aliphatic heterocycles. The number of carboxylic acid groups (broad SMARTS) is 1. The Kier molecular flexibility index (Phi) is 4.23. The highest BCUT2D eigenvalue weighted by Crippen LogP contribution is 2.39. The Morgan fingerprint density at radius 1 is 1.18 bits per heavy atom. The maximum atomic E-state index is 12.5. The van der Waals surface area contributed by atoms with Gasteiger partial charge in [-0.2, -0.15) is 0 Å². The maximum Gasteiger partial charge on any atom is 0.310 e. The molecule has 2 fully saturated rings. The van der Waals surface area contributed by atoms with Crippen molar-refractivity contribution in [3.8, 4) is 0 Å². The van der Waals surface area contributed by atoms with E-state index in [4.69, 9.17) is 4.74 Å². The molecule has 0 radical (unpaired) electrons. The second-order valence-electron chi connectivity index (χ2n) is 6.75. The second kappa shape index (κ2) is 6.01. The molecular weight excluding hydrogens is 284 g/mol. The quantitative estimate of drug-likeness (QED) is 0.745. The lowest BCUT2D eigenvalue weighted by Crippen LogP contribution is -2.50. The lowest BCUT2D eigenvalue weighted by atomic mass is 9.82. The second-order valence-corrected chi connectivity index (χ2v) is 6.75. The van der Waals surface area contributed by atoms with Crippen molar-refractivity contribution in [2.24, 2.45) is 11.8 Å². The molecule has 4 atom stereocenters. The molecule has 0 aliphatic carbocycles. The van der Waals surface area contributed by atoms with Gasteiger partial charge in [-0.25, -0.2) is 0 Å². The number of hydrogen-bond donors (Lipinski definition) is 2. The summed E-state index contributed by atoms with van der Waals surface area (Å²) < 4.78 is 5.56. The predicted octanol–water partition coefficient (Wildman–Crippen LogP) is 0.630. The average Bonchev–Trinajstić information content (AvgIpc) is 3.08. The van der Waals surface area contributed by atoms with E-state index in [1.807, 2.05) is 6.08 Å². The van der Waals surface area contributed by atoms with E-state index in [1.54, 1.807) is 6.08 Å². The van der Waals surface area contributed by atoms with Gasteiger partial charge < -0.3 is 20.1 Å². The van der Waals surface area contributed by atoms with Crippen molar-refractivity contribution >= 4 is 11.9 Å². The van der Waals surface area contributed by atoms with Crippen molar-refractivity contribution in [1.29, 1.82) is 0 Å². The summed E-state index contributed by atoms with van der Waals surface area (Å²) in [6, 6.07) is 0.664. The minimum absolute atomic E-state index is 0.139. The molecule has 3 aliphatic rings. The van der Waals surface area contributed by atoms with Crippen LogP contribution in [0.15, 0.2) is 12.2 Å². The van der Waals surface area contributed by atoms with Crippen molar-refractivity contribution < 1.29 is 19.4 Å². The number of nitrogens with zero attached hydrogens (tertiary/aromatic N) is 1. The van der Waals surface area contributed by atoms with Crippen LogP contribution in [-0.4, -0.2) is 59.3 Å². The van der Waals surface area contributed by atoms with Crippen LogP contribution in [-0.2, 0) is 14.3 Å². The number of carboxylic acids is 1. The van der Waals surface area contributed by atoms with Gasteiger partial charge in [-0.15, -0.1) is 0 Å². The molecule has 3 rings (SSSR count). The Labute approximate surface area is 130 Å². The molecule has 2 bridgehead atoms. The summed E-state index contributed by atoms with van der Waals surface area (Å²) in [6.45, 7) is 6.29. The third-order valence-electron chi connectivity index (χ3n) is 5.09. The Balaban J connectivity index is 1.58. The third-order valence-corrected chi connectivity index (χ3v) is 5.09. The van der Waals surface area contributed by atoms with Crippen molar-refractivity contribution in [2.45, 2.75) is 51.0 Å². The number of carbonyl (C=O) groups is 2. The van der Waals surface area contributed by atoms with Gasteiger partial charge in [0.15, 0.2) is 0 Å². The average molecular weight is 308 g/mol. The van der Waals surface area contributed by atoms with E-state index in [9.17, 15) is 14.7 Å². The fraction of sp³-hybridized carbons (Fsp3) is 0.750. The molecule has 2 N–H and O–H groups in total. The van der Waals surface area contributed by atoms with Gasteiger partial charge in [0, 0.05) is 25.2 Å². The number of hydrogen-bond acceptors (Lipinski definition) is 4. The Morgan fingerprint density at radius 3 is 2.32 bits per heavy atom. The Bertz CT molecular complexity index is 483. The van der Waals surface area contributed by atoms with Crippen LogP contribution >= 0.6 is 0 Å². The fourth-order valence-electron chi connectivity index (χ4n) is 3.77. The number of carbonyl (C=O) groups excluding carboxylic acids is 1. The van der Waals surface area contributed by atoms with Gasteiger partial charge >= 0.3 is 5.97 Å². The zero-order valence-electron chi connectivity index (χ0n) is 13.1. The Morgan fingerprint density at radius 2 is 1.77 bits per heavy atom. The van der Waals surface area contributed by atoms with Gasteiger partial charge in [0.2, 0.25) is 5.91 Å². The highest BCUT2D eigenvalue weighted by Gasteiger charge is 2.53. The van der Waals surface area contributed by atoms with Crippen LogP contribution < -0.4 is 5.32 Å². The molecule has 0 saturated carbocycles. The van der Waals surface area contributed by atoms with Gasteiger partial charge in [0.1, 0.15) is 5.92 Å². The molecule has 3 heterocycles. The van der Waals surface area contributed by atoms with Gasteiger partial charge in [0.25, 0.3) is 0 Å². The predicted molar refractivity (Wildman–Crippen MR) is 80.3 cm³/mol. The monoisotopic (exact) mass is 308 g/mol. The van der Waals surface area contributed by atoms with E-state index in [-0.39, 0.29) is 18.1 Å². The molecule has 0 aromatic heterocycles. The van der Waals surface area contributed by atoms with E-state index < -0.39 is 23.9 Å². The molecule has 0 aromatic carbocycles. The molecule has 0 unspecified atom stereocenters. The Hall–Kier alpha value is -1.40. The normalized spacial score (nSPS) is 35.2. The molecule has 122 valence electrons. The van der Waals surface area contributed by atoms with Crippen molar-refractivity contribution in [3.05, 3.63) is 12.2 Å². The number of fused-ring (bicyclic) bond motifs is 2. The number of nitrogens with one attached hydrogen (secondary N) is 1. The van der Waals surface area contributed by atoms with E-state index in [0.29, 0.717) is 6.04 Å². The van der Waals surface area contributed by atoms with E-state index in [2.05, 4.69) is 24.1 Å². The lowest BCUT2D eigenvalue weighted by molar-refractivity contribution is -0.146. The highest BCUT2D eigenvalue weighted by atomic mass is 16.5. The van der Waals surface area contributed by atoms with Gasteiger partial charge in [0.05, 0.1) is 18.1 Å². The number of amides is 1. The van der Waals surface area contributed by atoms with Crippen LogP contribution in [0.2, 0.25) is 0 Å². The number of rotatable bonds is 4. The molecule has 2 saturated heterocycles. The van der Waals surface area contributed by atoms with Crippen LogP contribution in [0.3, 0.4) is 0 Å². The maximum absolute atomic E-state index is 12.5. The minimum Gasteiger partial charge on any atom is -0.481 e. The van der Waals surface area contributed by atoms with Crippen molar-refractivity contribution in [1.82, 2.24) is 10.2 Å². The fourth-order valence-corrected chi connectivity index (χ4v) is 3.77. The zero-order chi connectivity index (χ0) is 15.9. The topological polar surface area (TPSA) is 78.9 Å². The summed E-state index contributed by atoms with van der Waals surface area (Å²) in [5, 5.41) is 12.4. The highest BCUT2D eigenvalue weighted by molar-refractivity contribution is 5.87. The lowest BCUT2D eigenvalue weighted by Gasteiger charge is -2.35. The number of aliphatic carboxylic acids is 1. The summed E-state index contributed by atoms with van der Waals surface area (Å²) in [4.78, 5) is 26.3. The van der Waals surface area contributed by atoms with E-state index in [0.717, 1.165) is 25.9 Å². The van der Waals surface area contributed by atoms with Gasteiger partial charge in [-0.1, -0.05) is 12.2 Å². The van der Waals surface area contributed by atoms with Crippen molar-refractivity contribution in [3.63, 3.8) is 0 Å². The van der Waals surface area contributed by atoms with Crippen LogP contribution in [0.5, 0.6) is 0 Å². The first-order valence-electron chi connectivity index (χ1n) is 8.08. The number of ether oxygens (including phenoxy) is 1. The first-order valence-corrected chi connectivity index (χ1v) is 8.08. The van der Waals surface area contributed by atoms with Crippen LogP contribution in [0.25, 0.3) is 0 Å². The van der Waals surface area contributed by atoms with Crippen LogP contribution in [0, 0.1) is 11.8 Å². The molecule has 0 spiro atoms. The minimum atomic E-state index is -0.952. The molecular formula is C16H24N2O4. The van der Waals surface area contributed by atoms with Crippen LogP contribution in [0.4, 0.5) is 0 Å². The summed E-state index contributed by atoms with van der Waals surface area (Å²) in [6.07, 6.45) is 4.56. The third kappa shape index (κ3) is 2.77. The van der Waals surface area contributed by atoms with E-state index in [1.165, 1.54) is 0 Å². The van der Waals surface area contributed by atoms with E-state index >= 15 is 0 Å². The summed E-state index contributed by atoms with van der Waals surface area (Å²) in [5.74, 6) is -2.49. The smallest absolute Gasteiger partial charge is 0.310 e. The van der Waals surface area contributed by atoms with Crippen LogP contribution in [0.1, 0.15) is 26.7 Å². The largest absolute Gasteiger partial charge is 0.481 e. The molecule has 0 aromatic rings. The first-order chi connectivity index (χ1) is 10.5. The van der Waals surface area contributed by atoms with Gasteiger partial charge in [-0.05, 0) is 26.7 Å². The molecule has 6 nitrogen and oxygen atoms in total. The summed E-state index contributed by atoms with van der Waals surface area (Å²) >= 11 is 0. The zero-order valence-corrected chi connectivity index (χ0v) is 13.1. The SMILES string of the molecule is CC(C)N1CCC(NC(=O)[C@@H]2[C@@H](C(=O)O)[C@H]3C=C[C@@H]2O3)CC1. The van der Waals surface area contributed by atoms with Crippen molar-refractivity contribution in [2.75, 3.05) is 13.1 Å². The molecule has 22 heavy (non-hydrogen) atoms. The number of likely N-dealkylation sites (tertiary alicyclic amines) is 1.